The minimum atomic E-state index is -0.262. The Morgan fingerprint density at radius 2 is 1.73 bits per heavy atom. The van der Waals surface area contributed by atoms with Crippen LogP contribution < -0.4 is 0 Å². The Labute approximate surface area is 218 Å². The molecule has 3 heterocycles. The lowest BCUT2D eigenvalue weighted by atomic mass is 9.88. The molecule has 37 heavy (non-hydrogen) atoms. The topological polar surface area (TPSA) is 42.0 Å². The van der Waals surface area contributed by atoms with E-state index in [1.54, 1.807) is 12.1 Å². The van der Waals surface area contributed by atoms with Crippen molar-refractivity contribution in [3.05, 3.63) is 83.7 Å². The fourth-order valence-electron chi connectivity index (χ4n) is 6.42. The second-order valence-electron chi connectivity index (χ2n) is 10.9. The number of ether oxygens (including phenoxy) is 2. The molecule has 3 saturated heterocycles. The number of rotatable bonds is 5. The maximum Gasteiger partial charge on any atom is 0.254 e. The van der Waals surface area contributed by atoms with Crippen LogP contribution in [0.5, 0.6) is 0 Å². The van der Waals surface area contributed by atoms with Gasteiger partial charge in [0.2, 0.25) is 0 Å². The predicted octanol–water partition coefficient (Wildman–Crippen LogP) is 5.31. The van der Waals surface area contributed by atoms with Gasteiger partial charge in [-0.15, -0.1) is 0 Å². The number of amides is 1. The van der Waals surface area contributed by atoms with Crippen LogP contribution in [0.1, 0.15) is 41.6 Å². The summed E-state index contributed by atoms with van der Waals surface area (Å²) in [6, 6.07) is 21.0. The molecule has 3 aromatic rings. The highest BCUT2D eigenvalue weighted by atomic mass is 19.1. The van der Waals surface area contributed by atoms with Crippen molar-refractivity contribution in [2.75, 3.05) is 39.3 Å². The number of halogens is 1. The van der Waals surface area contributed by atoms with E-state index < -0.39 is 0 Å². The molecule has 3 aliphatic heterocycles. The Balaban J connectivity index is 1.16. The van der Waals surface area contributed by atoms with E-state index in [-0.39, 0.29) is 36.0 Å². The maximum atomic E-state index is 13.8. The van der Waals surface area contributed by atoms with Crippen LogP contribution in [0.15, 0.2) is 66.7 Å². The first kappa shape index (κ1) is 24.5. The Hall–Kier alpha value is -2.80. The first-order chi connectivity index (χ1) is 18.0. The van der Waals surface area contributed by atoms with E-state index in [2.05, 4.69) is 17.0 Å². The highest BCUT2D eigenvalue weighted by molar-refractivity contribution is 6.07. The average Bonchev–Trinajstić information content (AvgIpc) is 3.55. The molecule has 3 fully saturated rings. The third kappa shape index (κ3) is 5.15. The van der Waals surface area contributed by atoms with Gasteiger partial charge in [-0.1, -0.05) is 48.5 Å². The number of hydrogen-bond donors (Lipinski definition) is 0. The fourth-order valence-corrected chi connectivity index (χ4v) is 6.42. The van der Waals surface area contributed by atoms with Crippen LogP contribution >= 0.6 is 0 Å². The zero-order valence-electron chi connectivity index (χ0n) is 21.4. The predicted molar refractivity (Wildman–Crippen MR) is 142 cm³/mol. The quantitative estimate of drug-likeness (QED) is 0.474. The van der Waals surface area contributed by atoms with E-state index in [0.717, 1.165) is 48.8 Å². The van der Waals surface area contributed by atoms with E-state index in [1.807, 2.05) is 54.3 Å². The molecule has 0 N–H and O–H groups in total. The van der Waals surface area contributed by atoms with Gasteiger partial charge in [0.15, 0.2) is 6.29 Å². The van der Waals surface area contributed by atoms with Crippen LogP contribution in [0, 0.1) is 17.7 Å². The lowest BCUT2D eigenvalue weighted by Crippen LogP contribution is -2.40. The smallest absolute Gasteiger partial charge is 0.254 e. The third-order valence-electron chi connectivity index (χ3n) is 8.43. The van der Waals surface area contributed by atoms with Crippen molar-refractivity contribution in [2.24, 2.45) is 11.8 Å². The number of carbonyl (C=O) groups is 1. The SMILES string of the molecule is CC1COC([C@@H]2CN(C(=O)c3cccc4ccccc34)CC2CN2CCC(c3ccc(F)cc3)CC2)O1. The monoisotopic (exact) mass is 502 g/mol. The summed E-state index contributed by atoms with van der Waals surface area (Å²) in [6.07, 6.45) is 1.95. The molecule has 0 aliphatic carbocycles. The highest BCUT2D eigenvalue weighted by Crippen LogP contribution is 2.35. The second kappa shape index (κ2) is 10.5. The summed E-state index contributed by atoms with van der Waals surface area (Å²) in [5.41, 5.74) is 1.99. The van der Waals surface area contributed by atoms with Gasteiger partial charge in [0, 0.05) is 31.1 Å². The molecule has 0 aromatic heterocycles. The maximum absolute atomic E-state index is 13.8. The van der Waals surface area contributed by atoms with Crippen LogP contribution in [0.4, 0.5) is 4.39 Å². The molecule has 194 valence electrons. The second-order valence-corrected chi connectivity index (χ2v) is 10.9. The Kier molecular flexibility index (Phi) is 6.98. The van der Waals surface area contributed by atoms with Crippen molar-refractivity contribution in [2.45, 2.75) is 38.1 Å². The van der Waals surface area contributed by atoms with E-state index >= 15 is 0 Å². The number of benzene rings is 3. The third-order valence-corrected chi connectivity index (χ3v) is 8.43. The van der Waals surface area contributed by atoms with E-state index in [1.165, 1.54) is 5.56 Å². The highest BCUT2D eigenvalue weighted by Gasteiger charge is 2.44. The van der Waals surface area contributed by atoms with Gasteiger partial charge >= 0.3 is 0 Å². The van der Waals surface area contributed by atoms with Crippen molar-refractivity contribution in [1.29, 1.82) is 0 Å². The first-order valence-electron chi connectivity index (χ1n) is 13.6. The number of fused-ring (bicyclic) bond motifs is 1. The molecule has 6 rings (SSSR count). The number of nitrogens with zero attached hydrogens (tertiary/aromatic N) is 2. The summed E-state index contributed by atoms with van der Waals surface area (Å²) in [6.45, 7) is 6.95. The molecule has 3 aromatic carbocycles. The summed E-state index contributed by atoms with van der Waals surface area (Å²) >= 11 is 0. The van der Waals surface area contributed by atoms with Gasteiger partial charge in [0.1, 0.15) is 5.82 Å². The Morgan fingerprint density at radius 1 is 0.973 bits per heavy atom. The minimum absolute atomic E-state index is 0.0833. The normalized spacial score (nSPS) is 27.2. The van der Waals surface area contributed by atoms with Crippen molar-refractivity contribution >= 4 is 16.7 Å². The first-order valence-corrected chi connectivity index (χ1v) is 13.6. The fraction of sp³-hybridized carbons (Fsp3) is 0.452. The molecule has 0 saturated carbocycles. The van der Waals surface area contributed by atoms with Gasteiger partial charge in [0.25, 0.3) is 5.91 Å². The molecule has 5 nitrogen and oxygen atoms in total. The summed E-state index contributed by atoms with van der Waals surface area (Å²) in [4.78, 5) is 18.3. The molecule has 1 amide bonds. The van der Waals surface area contributed by atoms with Gasteiger partial charge in [-0.05, 0) is 79.2 Å². The van der Waals surface area contributed by atoms with Crippen LogP contribution in [0.25, 0.3) is 10.8 Å². The van der Waals surface area contributed by atoms with E-state index in [4.69, 9.17) is 9.47 Å². The molecule has 6 heteroatoms. The van der Waals surface area contributed by atoms with Crippen molar-refractivity contribution in [3.63, 3.8) is 0 Å². The number of likely N-dealkylation sites (tertiary alicyclic amines) is 2. The molecule has 0 spiro atoms. The standard InChI is InChI=1S/C31H35FN2O3/c1-21-20-36-31(37-21)29-19-34(30(35)28-8-4-6-24-5-2-3-7-27(24)28)18-25(29)17-33-15-13-23(14-16-33)22-9-11-26(32)12-10-22/h2-12,21,23,25,29,31H,13-20H2,1H3/t21?,25?,29-,31?/m1/s1. The molecular formula is C31H35FN2O3. The van der Waals surface area contributed by atoms with E-state index in [0.29, 0.717) is 25.6 Å². The molecule has 4 atom stereocenters. The van der Waals surface area contributed by atoms with Crippen molar-refractivity contribution in [3.8, 4) is 0 Å². The number of hydrogen-bond acceptors (Lipinski definition) is 4. The molecule has 3 unspecified atom stereocenters. The van der Waals surface area contributed by atoms with E-state index in [9.17, 15) is 9.18 Å². The van der Waals surface area contributed by atoms with Crippen LogP contribution in [0.2, 0.25) is 0 Å². The van der Waals surface area contributed by atoms with Gasteiger partial charge in [0.05, 0.1) is 12.7 Å². The van der Waals surface area contributed by atoms with Gasteiger partial charge < -0.3 is 19.3 Å². The zero-order valence-corrected chi connectivity index (χ0v) is 21.4. The van der Waals surface area contributed by atoms with Gasteiger partial charge in [-0.2, -0.15) is 0 Å². The lowest BCUT2D eigenvalue weighted by molar-refractivity contribution is -0.102. The summed E-state index contributed by atoms with van der Waals surface area (Å²) in [7, 11) is 0. The van der Waals surface area contributed by atoms with Gasteiger partial charge in [-0.25, -0.2) is 4.39 Å². The molecular weight excluding hydrogens is 467 g/mol. The van der Waals surface area contributed by atoms with Crippen LogP contribution in [-0.4, -0.2) is 67.4 Å². The summed E-state index contributed by atoms with van der Waals surface area (Å²) in [5.74, 6) is 0.824. The van der Waals surface area contributed by atoms with Crippen molar-refractivity contribution < 1.29 is 18.7 Å². The molecule has 3 aliphatic rings. The van der Waals surface area contributed by atoms with Gasteiger partial charge in [-0.3, -0.25) is 4.79 Å². The lowest BCUT2D eigenvalue weighted by Gasteiger charge is -2.35. The molecule has 0 bridgehead atoms. The minimum Gasteiger partial charge on any atom is -0.350 e. The summed E-state index contributed by atoms with van der Waals surface area (Å²) < 4.78 is 25.5. The average molecular weight is 503 g/mol. The number of piperidine rings is 1. The van der Waals surface area contributed by atoms with Crippen LogP contribution in [-0.2, 0) is 9.47 Å². The van der Waals surface area contributed by atoms with Crippen molar-refractivity contribution in [1.82, 2.24) is 9.80 Å². The van der Waals surface area contributed by atoms with Crippen LogP contribution in [0.3, 0.4) is 0 Å². The zero-order chi connectivity index (χ0) is 25.4. The molecule has 0 radical (unpaired) electrons. The Morgan fingerprint density at radius 3 is 2.49 bits per heavy atom. The largest absolute Gasteiger partial charge is 0.350 e. The summed E-state index contributed by atoms with van der Waals surface area (Å²) in [5, 5.41) is 2.08. The Bertz CT molecular complexity index is 1240. The number of carbonyl (C=O) groups excluding carboxylic acids is 1.